The molecule has 1 aromatic carbocycles. The number of anilines is 1. The number of aromatic nitrogens is 2. The number of carbonyl (C=O) groups is 1. The lowest BCUT2D eigenvalue weighted by Gasteiger charge is -2.10. The zero-order valence-corrected chi connectivity index (χ0v) is 13.6. The summed E-state index contributed by atoms with van der Waals surface area (Å²) in [6, 6.07) is 11.9. The van der Waals surface area contributed by atoms with Crippen LogP contribution < -0.4 is 15.6 Å². The van der Waals surface area contributed by atoms with E-state index in [-0.39, 0.29) is 17.9 Å². The Hall–Kier alpha value is -2.86. The van der Waals surface area contributed by atoms with Gasteiger partial charge in [0.15, 0.2) is 6.61 Å². The summed E-state index contributed by atoms with van der Waals surface area (Å²) >= 11 is 5.79. The Bertz CT molecular complexity index is 951. The Kier molecular flexibility index (Phi) is 4.48. The van der Waals surface area contributed by atoms with E-state index in [0.29, 0.717) is 22.1 Å². The van der Waals surface area contributed by atoms with Crippen molar-refractivity contribution in [2.24, 2.45) is 0 Å². The molecule has 0 saturated carbocycles. The molecule has 2 aromatic heterocycles. The molecule has 0 aliphatic rings. The zero-order chi connectivity index (χ0) is 17.1. The highest BCUT2D eigenvalue weighted by Gasteiger charge is 2.13. The number of halogens is 1. The fourth-order valence-corrected chi connectivity index (χ4v) is 2.32. The highest BCUT2D eigenvalue weighted by atomic mass is 35.5. The number of benzene rings is 1. The minimum Gasteiger partial charge on any atom is -0.484 e. The molecule has 0 unspecified atom stereocenters. The molecule has 0 fully saturated rings. The van der Waals surface area contributed by atoms with Crippen LogP contribution in [0.15, 0.2) is 53.5 Å². The van der Waals surface area contributed by atoms with Crippen molar-refractivity contribution in [3.63, 3.8) is 0 Å². The summed E-state index contributed by atoms with van der Waals surface area (Å²) < 4.78 is 6.74. The Labute approximate surface area is 142 Å². The van der Waals surface area contributed by atoms with Crippen molar-refractivity contribution >= 4 is 28.8 Å². The number of hydrogen-bond donors (Lipinski definition) is 1. The van der Waals surface area contributed by atoms with Gasteiger partial charge in [-0.25, -0.2) is 4.98 Å². The van der Waals surface area contributed by atoms with E-state index in [2.05, 4.69) is 10.3 Å². The number of ether oxygens (including phenoxy) is 1. The molecule has 1 amide bonds. The molecular formula is C17H14ClN3O3. The van der Waals surface area contributed by atoms with E-state index in [1.165, 1.54) is 4.40 Å². The molecule has 0 aliphatic heterocycles. The van der Waals surface area contributed by atoms with Crippen molar-refractivity contribution < 1.29 is 9.53 Å². The first kappa shape index (κ1) is 16.0. The third kappa shape index (κ3) is 3.38. The van der Waals surface area contributed by atoms with E-state index < -0.39 is 5.91 Å². The first-order valence-electron chi connectivity index (χ1n) is 7.21. The smallest absolute Gasteiger partial charge is 0.281 e. The number of hydrogen-bond acceptors (Lipinski definition) is 4. The second kappa shape index (κ2) is 6.72. The molecule has 1 N–H and O–H groups in total. The molecule has 0 bridgehead atoms. The van der Waals surface area contributed by atoms with Gasteiger partial charge in [0.25, 0.3) is 11.5 Å². The van der Waals surface area contributed by atoms with E-state index >= 15 is 0 Å². The molecular weight excluding hydrogens is 330 g/mol. The zero-order valence-electron chi connectivity index (χ0n) is 12.8. The van der Waals surface area contributed by atoms with Gasteiger partial charge in [-0.05, 0) is 43.3 Å². The van der Waals surface area contributed by atoms with Gasteiger partial charge in [0.2, 0.25) is 0 Å². The predicted octanol–water partition coefficient (Wildman–Crippen LogP) is 2.67. The van der Waals surface area contributed by atoms with Crippen LogP contribution in [-0.4, -0.2) is 21.9 Å². The van der Waals surface area contributed by atoms with Crippen LogP contribution in [0.2, 0.25) is 5.02 Å². The number of carbonyl (C=O) groups excluding carboxylic acids is 1. The standard InChI is InChI=1S/C17H14ClN3O3/c1-11-16(17(23)21-9-3-2-4-14(21)19-11)20-15(22)10-24-13-7-5-12(18)6-8-13/h2-9H,10H2,1H3,(H,20,22). The maximum atomic E-state index is 12.4. The molecule has 24 heavy (non-hydrogen) atoms. The molecule has 0 spiro atoms. The van der Waals surface area contributed by atoms with Crippen LogP contribution in [0.5, 0.6) is 5.75 Å². The molecule has 2 heterocycles. The van der Waals surface area contributed by atoms with Crippen molar-refractivity contribution in [2.75, 3.05) is 11.9 Å². The maximum absolute atomic E-state index is 12.4. The van der Waals surface area contributed by atoms with Crippen LogP contribution in [0.1, 0.15) is 5.69 Å². The van der Waals surface area contributed by atoms with Crippen molar-refractivity contribution in [1.82, 2.24) is 9.38 Å². The van der Waals surface area contributed by atoms with Crippen molar-refractivity contribution in [1.29, 1.82) is 0 Å². The van der Waals surface area contributed by atoms with Gasteiger partial charge in [-0.1, -0.05) is 17.7 Å². The average molecular weight is 344 g/mol. The number of fused-ring (bicyclic) bond motifs is 1. The first-order chi connectivity index (χ1) is 11.5. The Morgan fingerprint density at radius 2 is 2.00 bits per heavy atom. The molecule has 0 saturated heterocycles. The minimum atomic E-state index is -0.442. The fourth-order valence-electron chi connectivity index (χ4n) is 2.20. The molecule has 0 aliphatic carbocycles. The normalized spacial score (nSPS) is 10.6. The highest BCUT2D eigenvalue weighted by Crippen LogP contribution is 2.15. The van der Waals surface area contributed by atoms with Crippen LogP contribution in [0.25, 0.3) is 5.65 Å². The second-order valence-corrected chi connectivity index (χ2v) is 5.53. The van der Waals surface area contributed by atoms with Gasteiger partial charge in [0, 0.05) is 11.2 Å². The van der Waals surface area contributed by atoms with Crippen molar-refractivity contribution in [2.45, 2.75) is 6.92 Å². The average Bonchev–Trinajstić information content (AvgIpc) is 2.58. The summed E-state index contributed by atoms with van der Waals surface area (Å²) in [6.45, 7) is 1.45. The fraction of sp³-hybridized carbons (Fsp3) is 0.118. The number of aryl methyl sites for hydroxylation is 1. The van der Waals surface area contributed by atoms with Crippen LogP contribution in [0, 0.1) is 6.92 Å². The number of amides is 1. The predicted molar refractivity (Wildman–Crippen MR) is 91.8 cm³/mol. The van der Waals surface area contributed by atoms with E-state index in [9.17, 15) is 9.59 Å². The molecule has 3 rings (SSSR count). The van der Waals surface area contributed by atoms with Gasteiger partial charge in [-0.3, -0.25) is 14.0 Å². The number of nitrogens with zero attached hydrogens (tertiary/aromatic N) is 2. The van der Waals surface area contributed by atoms with E-state index in [1.54, 1.807) is 55.6 Å². The maximum Gasteiger partial charge on any atom is 0.281 e. The summed E-state index contributed by atoms with van der Waals surface area (Å²) in [5, 5.41) is 3.15. The van der Waals surface area contributed by atoms with Crippen LogP contribution in [-0.2, 0) is 4.79 Å². The van der Waals surface area contributed by atoms with Crippen molar-refractivity contribution in [3.8, 4) is 5.75 Å². The third-order valence-corrected chi connectivity index (χ3v) is 3.62. The lowest BCUT2D eigenvalue weighted by molar-refractivity contribution is -0.118. The summed E-state index contributed by atoms with van der Waals surface area (Å²) in [4.78, 5) is 28.8. The minimum absolute atomic E-state index is 0.142. The van der Waals surface area contributed by atoms with Gasteiger partial charge in [0.1, 0.15) is 17.1 Å². The molecule has 6 nitrogen and oxygen atoms in total. The lowest BCUT2D eigenvalue weighted by atomic mass is 10.3. The van der Waals surface area contributed by atoms with Gasteiger partial charge in [0.05, 0.1) is 5.69 Å². The van der Waals surface area contributed by atoms with Crippen LogP contribution >= 0.6 is 11.6 Å². The number of rotatable bonds is 4. The summed E-state index contributed by atoms with van der Waals surface area (Å²) in [5.41, 5.74) is 0.780. The summed E-state index contributed by atoms with van der Waals surface area (Å²) in [5.74, 6) is 0.0717. The largest absolute Gasteiger partial charge is 0.484 e. The molecule has 122 valence electrons. The van der Waals surface area contributed by atoms with E-state index in [4.69, 9.17) is 16.3 Å². The van der Waals surface area contributed by atoms with E-state index in [0.717, 1.165) is 0 Å². The molecule has 3 aromatic rings. The van der Waals surface area contributed by atoms with Crippen molar-refractivity contribution in [3.05, 3.63) is 69.7 Å². The topological polar surface area (TPSA) is 72.7 Å². The summed E-state index contributed by atoms with van der Waals surface area (Å²) in [6.07, 6.45) is 1.60. The summed E-state index contributed by atoms with van der Waals surface area (Å²) in [7, 11) is 0. The first-order valence-corrected chi connectivity index (χ1v) is 7.58. The van der Waals surface area contributed by atoms with Gasteiger partial charge < -0.3 is 10.1 Å². The number of pyridine rings is 1. The Morgan fingerprint density at radius 3 is 2.75 bits per heavy atom. The molecule has 0 atom stereocenters. The molecule has 0 radical (unpaired) electrons. The highest BCUT2D eigenvalue weighted by molar-refractivity contribution is 6.30. The second-order valence-electron chi connectivity index (χ2n) is 5.10. The van der Waals surface area contributed by atoms with Gasteiger partial charge in [-0.2, -0.15) is 0 Å². The van der Waals surface area contributed by atoms with Crippen LogP contribution in [0.3, 0.4) is 0 Å². The van der Waals surface area contributed by atoms with Gasteiger partial charge >= 0.3 is 0 Å². The Balaban J connectivity index is 1.75. The van der Waals surface area contributed by atoms with Gasteiger partial charge in [-0.15, -0.1) is 0 Å². The Morgan fingerprint density at radius 1 is 1.25 bits per heavy atom. The molecule has 7 heteroatoms. The quantitative estimate of drug-likeness (QED) is 0.790. The number of nitrogens with one attached hydrogen (secondary N) is 1. The lowest BCUT2D eigenvalue weighted by Crippen LogP contribution is -2.27. The SMILES string of the molecule is Cc1nc2ccccn2c(=O)c1NC(=O)COc1ccc(Cl)cc1. The third-order valence-electron chi connectivity index (χ3n) is 3.36. The van der Waals surface area contributed by atoms with E-state index in [1.807, 2.05) is 0 Å². The van der Waals surface area contributed by atoms with Crippen LogP contribution in [0.4, 0.5) is 5.69 Å². The monoisotopic (exact) mass is 343 g/mol.